The van der Waals surface area contributed by atoms with Crippen molar-refractivity contribution in [2.24, 2.45) is 4.99 Å². The molecule has 0 aliphatic carbocycles. The minimum atomic E-state index is -0.400. The van der Waals surface area contributed by atoms with Crippen LogP contribution in [0.15, 0.2) is 111 Å². The lowest BCUT2D eigenvalue weighted by Crippen LogP contribution is -2.27. The summed E-state index contributed by atoms with van der Waals surface area (Å²) >= 11 is 0. The molecule has 5 nitrogen and oxygen atoms in total. The van der Waals surface area contributed by atoms with Crippen LogP contribution in [0.2, 0.25) is 0 Å². The van der Waals surface area contributed by atoms with Gasteiger partial charge in [0.05, 0.1) is 0 Å². The zero-order valence-corrected chi connectivity index (χ0v) is 15.9. The molecule has 1 amide bonds. The molecule has 0 atom stereocenters. The lowest BCUT2D eigenvalue weighted by Gasteiger charge is -2.22. The standard InChI is InChI=1S/C25H16N2O3/c28-23-14-11-19-16-20(12-13-22(19)30-23)27-21(15-17-7-3-1-4-8-17)25(29)26-24(27)18-9-5-2-6-10-18/h1-16H/b21-15+. The van der Waals surface area contributed by atoms with Crippen LogP contribution in [0.25, 0.3) is 17.0 Å². The highest BCUT2D eigenvalue weighted by Crippen LogP contribution is 2.31. The molecule has 144 valence electrons. The van der Waals surface area contributed by atoms with Gasteiger partial charge in [-0.25, -0.2) is 4.79 Å². The summed E-state index contributed by atoms with van der Waals surface area (Å²) in [6, 6.07) is 27.8. The van der Waals surface area contributed by atoms with Crippen molar-refractivity contribution in [3.63, 3.8) is 0 Å². The van der Waals surface area contributed by atoms with Crippen molar-refractivity contribution < 1.29 is 9.21 Å². The van der Waals surface area contributed by atoms with E-state index in [1.54, 1.807) is 12.1 Å². The summed E-state index contributed by atoms with van der Waals surface area (Å²) in [5.41, 5.74) is 3.04. The van der Waals surface area contributed by atoms with E-state index >= 15 is 0 Å². The van der Waals surface area contributed by atoms with Gasteiger partial charge in [-0.1, -0.05) is 60.7 Å². The SMILES string of the molecule is O=C1N=C(c2ccccc2)N(c2ccc3oc(=O)ccc3c2)/C1=C/c1ccccc1. The summed E-state index contributed by atoms with van der Waals surface area (Å²) in [6.45, 7) is 0. The number of hydrogen-bond donors (Lipinski definition) is 0. The third-order valence-corrected chi connectivity index (χ3v) is 4.88. The van der Waals surface area contributed by atoms with Crippen LogP contribution in [0, 0.1) is 0 Å². The van der Waals surface area contributed by atoms with Crippen LogP contribution in [0.3, 0.4) is 0 Å². The fraction of sp³-hybridized carbons (Fsp3) is 0. The number of carbonyl (C=O) groups excluding carboxylic acids is 1. The predicted molar refractivity (Wildman–Crippen MR) is 117 cm³/mol. The highest BCUT2D eigenvalue weighted by atomic mass is 16.4. The number of fused-ring (bicyclic) bond motifs is 1. The molecule has 0 N–H and O–H groups in total. The number of hydrogen-bond acceptors (Lipinski definition) is 4. The van der Waals surface area contributed by atoms with E-state index in [0.29, 0.717) is 17.1 Å². The number of carbonyl (C=O) groups is 1. The van der Waals surface area contributed by atoms with Crippen molar-refractivity contribution in [1.29, 1.82) is 0 Å². The molecule has 1 aliphatic heterocycles. The third-order valence-electron chi connectivity index (χ3n) is 4.88. The lowest BCUT2D eigenvalue weighted by molar-refractivity contribution is -0.113. The largest absolute Gasteiger partial charge is 0.423 e. The van der Waals surface area contributed by atoms with Crippen LogP contribution < -0.4 is 10.5 Å². The van der Waals surface area contributed by atoms with E-state index in [-0.39, 0.29) is 5.91 Å². The Balaban J connectivity index is 1.69. The van der Waals surface area contributed by atoms with Gasteiger partial charge in [0.25, 0.3) is 5.91 Å². The molecule has 1 aliphatic rings. The minimum absolute atomic E-state index is 0.308. The minimum Gasteiger partial charge on any atom is -0.423 e. The third kappa shape index (κ3) is 3.22. The summed E-state index contributed by atoms with van der Waals surface area (Å²) in [6.07, 6.45) is 1.83. The first-order chi connectivity index (χ1) is 14.7. The van der Waals surface area contributed by atoms with Gasteiger partial charge in [-0.15, -0.1) is 0 Å². The quantitative estimate of drug-likeness (QED) is 0.377. The summed E-state index contributed by atoms with van der Waals surface area (Å²) in [5, 5.41) is 0.762. The molecule has 0 unspecified atom stereocenters. The van der Waals surface area contributed by atoms with E-state index in [2.05, 4.69) is 4.99 Å². The average molecular weight is 392 g/mol. The molecule has 0 radical (unpaired) electrons. The lowest BCUT2D eigenvalue weighted by atomic mass is 10.1. The zero-order valence-electron chi connectivity index (χ0n) is 15.9. The normalized spacial score (nSPS) is 15.1. The number of amidine groups is 1. The molecule has 0 saturated heterocycles. The molecule has 4 aromatic rings. The van der Waals surface area contributed by atoms with Gasteiger partial charge in [0, 0.05) is 22.7 Å². The van der Waals surface area contributed by atoms with E-state index in [1.807, 2.05) is 83.8 Å². The second kappa shape index (κ2) is 7.29. The van der Waals surface area contributed by atoms with E-state index in [4.69, 9.17) is 4.42 Å². The molecule has 0 bridgehead atoms. The Hall–Kier alpha value is -4.25. The average Bonchev–Trinajstić information content (AvgIpc) is 3.11. The monoisotopic (exact) mass is 392 g/mol. The number of aliphatic imine (C=N–C) groups is 1. The van der Waals surface area contributed by atoms with Crippen molar-refractivity contribution in [1.82, 2.24) is 0 Å². The van der Waals surface area contributed by atoms with Gasteiger partial charge in [-0.2, -0.15) is 4.99 Å². The number of rotatable bonds is 3. The van der Waals surface area contributed by atoms with Crippen LogP contribution >= 0.6 is 0 Å². The van der Waals surface area contributed by atoms with Crippen LogP contribution in [0.1, 0.15) is 11.1 Å². The molecule has 5 heteroatoms. The van der Waals surface area contributed by atoms with Gasteiger partial charge >= 0.3 is 5.63 Å². The van der Waals surface area contributed by atoms with E-state index in [9.17, 15) is 9.59 Å². The van der Waals surface area contributed by atoms with Gasteiger partial charge in [0.1, 0.15) is 17.1 Å². The Bertz CT molecular complexity index is 1370. The van der Waals surface area contributed by atoms with Crippen LogP contribution in [-0.2, 0) is 4.79 Å². The first-order valence-corrected chi connectivity index (χ1v) is 9.48. The van der Waals surface area contributed by atoms with E-state index < -0.39 is 5.63 Å². The number of benzene rings is 3. The molecule has 3 aromatic carbocycles. The zero-order chi connectivity index (χ0) is 20.5. The van der Waals surface area contributed by atoms with Gasteiger partial charge in [-0.05, 0) is 35.9 Å². The molecule has 2 heterocycles. The first-order valence-electron chi connectivity index (χ1n) is 9.48. The molecule has 5 rings (SSSR count). The van der Waals surface area contributed by atoms with Gasteiger partial charge in [-0.3, -0.25) is 9.69 Å². The number of amides is 1. The Labute approximate surface area is 172 Å². The second-order valence-electron chi connectivity index (χ2n) is 6.86. The van der Waals surface area contributed by atoms with Crippen LogP contribution in [-0.4, -0.2) is 11.7 Å². The summed E-state index contributed by atoms with van der Waals surface area (Å²) < 4.78 is 5.25. The predicted octanol–water partition coefficient (Wildman–Crippen LogP) is 4.63. The highest BCUT2D eigenvalue weighted by molar-refractivity contribution is 6.28. The maximum atomic E-state index is 12.9. The smallest absolute Gasteiger partial charge is 0.336 e. The van der Waals surface area contributed by atoms with Gasteiger partial charge in [0.2, 0.25) is 0 Å². The fourth-order valence-corrected chi connectivity index (χ4v) is 3.49. The Kier molecular flexibility index (Phi) is 4.33. The molecule has 0 spiro atoms. The first kappa shape index (κ1) is 17.8. The Morgan fingerprint density at radius 3 is 2.30 bits per heavy atom. The Morgan fingerprint density at radius 1 is 0.800 bits per heavy atom. The van der Waals surface area contributed by atoms with Crippen molar-refractivity contribution in [2.45, 2.75) is 0 Å². The topological polar surface area (TPSA) is 62.9 Å². The highest BCUT2D eigenvalue weighted by Gasteiger charge is 2.31. The number of nitrogens with zero attached hydrogens (tertiary/aromatic N) is 2. The van der Waals surface area contributed by atoms with Crippen molar-refractivity contribution >= 4 is 34.5 Å². The Morgan fingerprint density at radius 2 is 1.53 bits per heavy atom. The van der Waals surface area contributed by atoms with Crippen molar-refractivity contribution in [2.75, 3.05) is 4.90 Å². The maximum absolute atomic E-state index is 12.9. The molecule has 30 heavy (non-hydrogen) atoms. The fourth-order valence-electron chi connectivity index (χ4n) is 3.49. The van der Waals surface area contributed by atoms with Gasteiger partial charge in [0.15, 0.2) is 0 Å². The molecule has 0 saturated carbocycles. The second-order valence-corrected chi connectivity index (χ2v) is 6.86. The summed E-state index contributed by atoms with van der Waals surface area (Å²) in [4.78, 5) is 30.6. The van der Waals surface area contributed by atoms with Crippen LogP contribution in [0.4, 0.5) is 5.69 Å². The van der Waals surface area contributed by atoms with E-state index in [0.717, 1.165) is 22.2 Å². The van der Waals surface area contributed by atoms with Crippen molar-refractivity contribution in [3.8, 4) is 0 Å². The molecule has 0 fully saturated rings. The van der Waals surface area contributed by atoms with E-state index in [1.165, 1.54) is 6.07 Å². The van der Waals surface area contributed by atoms with Gasteiger partial charge < -0.3 is 4.42 Å². The van der Waals surface area contributed by atoms with Crippen molar-refractivity contribution in [3.05, 3.63) is 118 Å². The van der Waals surface area contributed by atoms with Crippen LogP contribution in [0.5, 0.6) is 0 Å². The summed E-state index contributed by atoms with van der Waals surface area (Å²) in [5.74, 6) is 0.247. The molecule has 1 aromatic heterocycles. The summed E-state index contributed by atoms with van der Waals surface area (Å²) in [7, 11) is 0. The molecular weight excluding hydrogens is 376 g/mol. The number of anilines is 1. The molecular formula is C25H16N2O3. The maximum Gasteiger partial charge on any atom is 0.336 e.